The van der Waals surface area contributed by atoms with Gasteiger partial charge in [0.1, 0.15) is 18.1 Å². The van der Waals surface area contributed by atoms with Crippen molar-refractivity contribution in [1.82, 2.24) is 10.2 Å². The number of amides is 1. The molecule has 2 fully saturated rings. The fraction of sp³-hybridized carbons (Fsp3) is 0.632. The number of hydrogen-bond acceptors (Lipinski definition) is 4. The number of nitrogens with one attached hydrogen (secondary N) is 1. The number of ether oxygens (including phenoxy) is 2. The zero-order chi connectivity index (χ0) is 16.5. The Morgan fingerprint density at radius 2 is 1.96 bits per heavy atom. The second-order valence-electron chi connectivity index (χ2n) is 7.27. The molecule has 3 aliphatic heterocycles. The van der Waals surface area contributed by atoms with Crippen molar-refractivity contribution in [2.24, 2.45) is 17.8 Å². The minimum Gasteiger partial charge on any atom is -0.497 e. The van der Waals surface area contributed by atoms with Gasteiger partial charge < -0.3 is 19.7 Å². The summed E-state index contributed by atoms with van der Waals surface area (Å²) < 4.78 is 11.1. The second kappa shape index (κ2) is 7.83. The van der Waals surface area contributed by atoms with E-state index in [1.54, 1.807) is 7.11 Å². The van der Waals surface area contributed by atoms with Gasteiger partial charge in [-0.05, 0) is 68.0 Å². The van der Waals surface area contributed by atoms with Crippen LogP contribution in [-0.2, 0) is 11.2 Å². The minimum absolute atomic E-state index is 0. The summed E-state index contributed by atoms with van der Waals surface area (Å²) in [5.41, 5.74) is 1.08. The predicted octanol–water partition coefficient (Wildman–Crippen LogP) is 2.13. The van der Waals surface area contributed by atoms with Crippen LogP contribution in [0.5, 0.6) is 11.5 Å². The molecular formula is C19H27ClN2O3. The highest BCUT2D eigenvalue weighted by atomic mass is 35.5. The third-order valence-corrected chi connectivity index (χ3v) is 5.85. The van der Waals surface area contributed by atoms with Crippen molar-refractivity contribution in [2.45, 2.75) is 19.3 Å². The lowest BCUT2D eigenvalue weighted by molar-refractivity contribution is -0.136. The van der Waals surface area contributed by atoms with E-state index in [-0.39, 0.29) is 24.2 Å². The van der Waals surface area contributed by atoms with Crippen LogP contribution in [0.2, 0.25) is 0 Å². The predicted molar refractivity (Wildman–Crippen MR) is 98.6 cm³/mol. The van der Waals surface area contributed by atoms with Crippen molar-refractivity contribution >= 4 is 18.3 Å². The van der Waals surface area contributed by atoms with Crippen LogP contribution < -0.4 is 14.8 Å². The lowest BCUT2D eigenvalue weighted by Gasteiger charge is -2.30. The van der Waals surface area contributed by atoms with E-state index < -0.39 is 0 Å². The number of likely N-dealkylation sites (tertiary alicyclic amines) is 1. The van der Waals surface area contributed by atoms with Gasteiger partial charge in [-0.2, -0.15) is 0 Å². The van der Waals surface area contributed by atoms with Crippen LogP contribution in [0.1, 0.15) is 18.4 Å². The van der Waals surface area contributed by atoms with Crippen molar-refractivity contribution in [2.75, 3.05) is 39.9 Å². The van der Waals surface area contributed by atoms with E-state index in [9.17, 15) is 4.79 Å². The average Bonchev–Trinajstić information content (AvgIpc) is 2.98. The van der Waals surface area contributed by atoms with Gasteiger partial charge in [0.25, 0.3) is 0 Å². The highest BCUT2D eigenvalue weighted by Crippen LogP contribution is 2.32. The molecule has 0 radical (unpaired) electrons. The average molecular weight is 367 g/mol. The Labute approximate surface area is 155 Å². The molecule has 2 saturated heterocycles. The topological polar surface area (TPSA) is 50.8 Å². The maximum atomic E-state index is 13.0. The Morgan fingerprint density at radius 3 is 2.64 bits per heavy atom. The molecule has 6 heteroatoms. The number of nitrogens with zero attached hydrogens (tertiary/aromatic N) is 1. The zero-order valence-corrected chi connectivity index (χ0v) is 15.5. The molecule has 0 aliphatic carbocycles. The van der Waals surface area contributed by atoms with Crippen molar-refractivity contribution in [1.29, 1.82) is 0 Å². The molecule has 0 bridgehead atoms. The molecule has 4 rings (SSSR count). The molecule has 0 aromatic heterocycles. The fourth-order valence-corrected chi connectivity index (χ4v) is 4.35. The Balaban J connectivity index is 0.00000182. The summed E-state index contributed by atoms with van der Waals surface area (Å²) in [6.07, 6.45) is 3.00. The van der Waals surface area contributed by atoms with E-state index in [4.69, 9.17) is 9.47 Å². The van der Waals surface area contributed by atoms with E-state index in [2.05, 4.69) is 10.2 Å². The quantitative estimate of drug-likeness (QED) is 0.871. The Morgan fingerprint density at radius 1 is 1.24 bits per heavy atom. The first-order chi connectivity index (χ1) is 11.7. The molecule has 1 aromatic carbocycles. The van der Waals surface area contributed by atoms with Gasteiger partial charge in [0.05, 0.1) is 13.0 Å². The minimum atomic E-state index is -0.0688. The Bertz CT molecular complexity index is 611. The van der Waals surface area contributed by atoms with Gasteiger partial charge in [-0.15, -0.1) is 12.4 Å². The molecule has 1 unspecified atom stereocenters. The van der Waals surface area contributed by atoms with E-state index in [1.807, 2.05) is 18.2 Å². The summed E-state index contributed by atoms with van der Waals surface area (Å²) in [6.45, 7) is 4.51. The van der Waals surface area contributed by atoms with E-state index in [0.29, 0.717) is 6.61 Å². The van der Waals surface area contributed by atoms with Gasteiger partial charge in [-0.3, -0.25) is 4.79 Å². The van der Waals surface area contributed by atoms with Gasteiger partial charge in [0, 0.05) is 13.1 Å². The van der Waals surface area contributed by atoms with Crippen molar-refractivity contribution < 1.29 is 14.3 Å². The van der Waals surface area contributed by atoms with Crippen molar-refractivity contribution in [3.8, 4) is 11.5 Å². The van der Waals surface area contributed by atoms with Gasteiger partial charge >= 0.3 is 0 Å². The van der Waals surface area contributed by atoms with Crippen LogP contribution in [-0.4, -0.2) is 50.7 Å². The number of halogens is 1. The summed E-state index contributed by atoms with van der Waals surface area (Å²) in [5.74, 6) is 3.39. The number of hydrogen-bond donors (Lipinski definition) is 1. The molecule has 138 valence electrons. The summed E-state index contributed by atoms with van der Waals surface area (Å²) in [6, 6.07) is 5.84. The summed E-state index contributed by atoms with van der Waals surface area (Å²) in [5, 5.41) is 3.49. The maximum absolute atomic E-state index is 13.0. The highest BCUT2D eigenvalue weighted by Gasteiger charge is 2.34. The molecule has 0 saturated carbocycles. The zero-order valence-electron chi connectivity index (χ0n) is 14.7. The normalized spacial score (nSPS) is 28.0. The third kappa shape index (κ3) is 3.72. The van der Waals surface area contributed by atoms with Crippen LogP contribution >= 0.6 is 12.4 Å². The van der Waals surface area contributed by atoms with Crippen LogP contribution in [0.4, 0.5) is 0 Å². The summed E-state index contributed by atoms with van der Waals surface area (Å²) in [7, 11) is 1.66. The molecule has 3 aliphatic rings. The Hall–Kier alpha value is -1.46. The number of rotatable bonds is 2. The maximum Gasteiger partial charge on any atom is 0.229 e. The molecule has 3 heterocycles. The SMILES string of the molecule is COc1ccc2c(c1)CC(C(=O)N1CC[C@@H]3CNC[C@@H]3CC1)CO2.Cl. The first-order valence-corrected chi connectivity index (χ1v) is 9.04. The van der Waals surface area contributed by atoms with Crippen molar-refractivity contribution in [3.63, 3.8) is 0 Å². The second-order valence-corrected chi connectivity index (χ2v) is 7.27. The first-order valence-electron chi connectivity index (χ1n) is 9.04. The Kier molecular flexibility index (Phi) is 5.74. The lowest BCUT2D eigenvalue weighted by Crippen LogP contribution is -2.41. The number of benzene rings is 1. The number of fused-ring (bicyclic) bond motifs is 2. The molecule has 0 spiro atoms. The van der Waals surface area contributed by atoms with Crippen molar-refractivity contribution in [3.05, 3.63) is 23.8 Å². The fourth-order valence-electron chi connectivity index (χ4n) is 4.35. The van der Waals surface area contributed by atoms with Gasteiger partial charge in [-0.1, -0.05) is 0 Å². The number of methoxy groups -OCH3 is 1. The molecule has 1 amide bonds. The molecular weight excluding hydrogens is 340 g/mol. The van der Waals surface area contributed by atoms with E-state index >= 15 is 0 Å². The summed E-state index contributed by atoms with van der Waals surface area (Å²) >= 11 is 0. The van der Waals surface area contributed by atoms with Crippen LogP contribution in [0.3, 0.4) is 0 Å². The molecule has 5 nitrogen and oxygen atoms in total. The van der Waals surface area contributed by atoms with Crippen LogP contribution in [0.25, 0.3) is 0 Å². The molecule has 1 aromatic rings. The van der Waals surface area contributed by atoms with E-state index in [0.717, 1.165) is 74.3 Å². The molecule has 3 atom stereocenters. The summed E-state index contributed by atoms with van der Waals surface area (Å²) in [4.78, 5) is 15.1. The van der Waals surface area contributed by atoms with Gasteiger partial charge in [0.15, 0.2) is 0 Å². The standard InChI is InChI=1S/C19H26N2O3.ClH/c1-23-17-2-3-18-15(9-17)8-16(12-24-18)19(22)21-6-4-13-10-20-11-14(13)5-7-21;/h2-3,9,13-14,16,20H,4-8,10-12H2,1H3;1H/t13-,14+,16?;. The third-order valence-electron chi connectivity index (χ3n) is 5.85. The largest absolute Gasteiger partial charge is 0.497 e. The molecule has 25 heavy (non-hydrogen) atoms. The number of carbonyl (C=O) groups excluding carboxylic acids is 1. The van der Waals surface area contributed by atoms with E-state index in [1.165, 1.54) is 0 Å². The van der Waals surface area contributed by atoms with Crippen LogP contribution in [0, 0.1) is 17.8 Å². The smallest absolute Gasteiger partial charge is 0.229 e. The van der Waals surface area contributed by atoms with Gasteiger partial charge in [0.2, 0.25) is 5.91 Å². The number of carbonyl (C=O) groups is 1. The highest BCUT2D eigenvalue weighted by molar-refractivity contribution is 5.85. The monoisotopic (exact) mass is 366 g/mol. The molecule has 1 N–H and O–H groups in total. The van der Waals surface area contributed by atoms with Gasteiger partial charge in [-0.25, -0.2) is 0 Å². The van der Waals surface area contributed by atoms with Crippen LogP contribution in [0.15, 0.2) is 18.2 Å². The lowest BCUT2D eigenvalue weighted by atomic mass is 9.92. The first kappa shape index (κ1) is 18.3.